The van der Waals surface area contributed by atoms with Crippen molar-refractivity contribution in [2.24, 2.45) is 0 Å². The number of carbonyl (C=O) groups is 5. The lowest BCUT2D eigenvalue weighted by molar-refractivity contribution is -0.136. The smallest absolute Gasteiger partial charge is 0.262 e. The number of fused-ring (bicyclic) bond motifs is 3. The van der Waals surface area contributed by atoms with Gasteiger partial charge in [-0.15, -0.1) is 0 Å². The molecule has 8 rings (SSSR count). The Hall–Kier alpha value is -6.15. The third kappa shape index (κ3) is 6.67. The third-order valence-electron chi connectivity index (χ3n) is 10.3. The number of aromatic nitrogens is 2. The first-order valence-electron chi connectivity index (χ1n) is 17.9. The fourth-order valence-electron chi connectivity index (χ4n) is 7.55. The molecule has 0 saturated carbocycles. The van der Waals surface area contributed by atoms with Crippen molar-refractivity contribution in [3.05, 3.63) is 89.0 Å². The number of rotatable bonds is 9. The van der Waals surface area contributed by atoms with Crippen LogP contribution in [0.4, 0.5) is 10.2 Å². The Morgan fingerprint density at radius 3 is 2.49 bits per heavy atom. The lowest BCUT2D eigenvalue weighted by Crippen LogP contribution is -2.54. The molecule has 1 aromatic heterocycles. The van der Waals surface area contributed by atoms with Crippen LogP contribution < -0.4 is 15.0 Å². The number of hydrogen-bond acceptors (Lipinski definition) is 10. The van der Waals surface area contributed by atoms with Gasteiger partial charge in [-0.2, -0.15) is 0 Å². The van der Waals surface area contributed by atoms with Crippen molar-refractivity contribution in [2.45, 2.75) is 38.1 Å². The van der Waals surface area contributed by atoms with Crippen LogP contribution in [0, 0.1) is 5.82 Å². The molecule has 1 unspecified atom stereocenters. The fraction of sp³-hybridized carbons (Fsp3) is 0.275. The molecule has 3 aliphatic rings. The first-order valence-corrected chi connectivity index (χ1v) is 18.3. The van der Waals surface area contributed by atoms with Crippen LogP contribution in [-0.2, 0) is 14.4 Å². The highest BCUT2D eigenvalue weighted by Gasteiger charge is 2.44. The topological polar surface area (TPSA) is 162 Å². The summed E-state index contributed by atoms with van der Waals surface area (Å²) in [6, 6.07) is 15.6. The molecule has 3 aliphatic heterocycles. The Bertz CT molecular complexity index is 2440. The normalized spacial score (nSPS) is 17.3. The molecule has 4 heterocycles. The Morgan fingerprint density at radius 2 is 1.69 bits per heavy atom. The number of nitrogens with one attached hydrogen (secondary N) is 1. The quantitative estimate of drug-likeness (QED) is 0.150. The number of carbonyl (C=O) groups excluding carboxylic acids is 5. The first-order chi connectivity index (χ1) is 26.6. The average Bonchev–Trinajstić information content (AvgIpc) is 3.42. The van der Waals surface area contributed by atoms with Gasteiger partial charge in [0.1, 0.15) is 35.2 Å². The summed E-state index contributed by atoms with van der Waals surface area (Å²) in [6.07, 6.45) is 2.87. The van der Waals surface area contributed by atoms with E-state index in [2.05, 4.69) is 15.3 Å². The molecule has 13 nitrogen and oxygen atoms in total. The van der Waals surface area contributed by atoms with Crippen LogP contribution in [0.15, 0.2) is 67.0 Å². The Morgan fingerprint density at radius 1 is 0.909 bits per heavy atom. The maximum absolute atomic E-state index is 16.3. The number of piperazine rings is 1. The van der Waals surface area contributed by atoms with E-state index in [-0.39, 0.29) is 58.3 Å². The number of phenolic OH excluding ortho intramolecular Hbond substituents is 1. The van der Waals surface area contributed by atoms with Crippen LogP contribution >= 0.6 is 11.6 Å². The highest BCUT2D eigenvalue weighted by molar-refractivity contribution is 6.35. The molecule has 0 spiro atoms. The van der Waals surface area contributed by atoms with Gasteiger partial charge in [0.25, 0.3) is 11.8 Å². The maximum Gasteiger partial charge on any atom is 0.262 e. The second-order valence-corrected chi connectivity index (χ2v) is 14.1. The first kappa shape index (κ1) is 35.9. The van der Waals surface area contributed by atoms with Crippen molar-refractivity contribution in [1.82, 2.24) is 25.1 Å². The molecule has 4 aromatic carbocycles. The van der Waals surface area contributed by atoms with Gasteiger partial charge < -0.3 is 19.6 Å². The zero-order valence-corrected chi connectivity index (χ0v) is 30.1. The number of nitrogens with zero attached hydrogens (tertiary/aromatic N) is 5. The number of ether oxygens (including phenoxy) is 1. The molecule has 1 atom stereocenters. The molecule has 0 bridgehead atoms. The van der Waals surface area contributed by atoms with Crippen molar-refractivity contribution in [1.29, 1.82) is 0 Å². The van der Waals surface area contributed by atoms with E-state index in [9.17, 15) is 29.1 Å². The number of imide groups is 2. The second kappa shape index (κ2) is 14.6. The van der Waals surface area contributed by atoms with Gasteiger partial charge in [-0.3, -0.25) is 34.2 Å². The third-order valence-corrected chi connectivity index (χ3v) is 10.6. The molecule has 2 fully saturated rings. The summed E-state index contributed by atoms with van der Waals surface area (Å²) in [6.45, 7) is 2.12. The number of amides is 5. The largest absolute Gasteiger partial charge is 0.508 e. The molecule has 2 saturated heterocycles. The second-order valence-electron chi connectivity index (χ2n) is 13.7. The number of halogens is 2. The van der Waals surface area contributed by atoms with E-state index in [1.807, 2.05) is 29.2 Å². The van der Waals surface area contributed by atoms with Crippen molar-refractivity contribution >= 4 is 68.6 Å². The predicted molar refractivity (Wildman–Crippen MR) is 200 cm³/mol. The standard InChI is InChI=1S/C40H34ClFN6O7/c41-30-20-29-36(35(42)34(30)27-18-23(49)17-22-5-1-2-6-25(22)27)43-21-44-37(29)47-14-12-46(13-15-47)33(51)7-3-4-16-55-24-8-9-26-28(19-24)40(54)48(39(26)53)31-10-11-32(50)45-38(31)52/h1-2,5-6,8-9,17-21,31,49H,3-4,7,10-16H2,(H,45,50,52). The fourth-order valence-corrected chi connectivity index (χ4v) is 7.84. The summed E-state index contributed by atoms with van der Waals surface area (Å²) in [4.78, 5) is 76.4. The molecule has 0 aliphatic carbocycles. The monoisotopic (exact) mass is 764 g/mol. The van der Waals surface area contributed by atoms with Gasteiger partial charge in [0.05, 0.1) is 22.8 Å². The number of unbranched alkanes of at least 4 members (excludes halogenated alkanes) is 1. The molecule has 280 valence electrons. The Balaban J connectivity index is 0.850. The van der Waals surface area contributed by atoms with Crippen molar-refractivity contribution in [3.63, 3.8) is 0 Å². The van der Waals surface area contributed by atoms with Crippen LogP contribution in [0.25, 0.3) is 32.8 Å². The van der Waals surface area contributed by atoms with E-state index in [4.69, 9.17) is 16.3 Å². The van der Waals surface area contributed by atoms with Gasteiger partial charge in [-0.05, 0) is 72.0 Å². The summed E-state index contributed by atoms with van der Waals surface area (Å²) >= 11 is 6.74. The maximum atomic E-state index is 16.3. The lowest BCUT2D eigenvalue weighted by Gasteiger charge is -2.36. The number of anilines is 1. The number of piperidine rings is 1. The summed E-state index contributed by atoms with van der Waals surface area (Å²) in [5, 5.41) is 14.6. The molecular weight excluding hydrogens is 731 g/mol. The van der Waals surface area contributed by atoms with Crippen molar-refractivity contribution < 1.29 is 38.2 Å². The number of hydrogen-bond donors (Lipinski definition) is 2. The Kier molecular flexibility index (Phi) is 9.51. The zero-order valence-electron chi connectivity index (χ0n) is 29.4. The average molecular weight is 765 g/mol. The summed E-state index contributed by atoms with van der Waals surface area (Å²) in [5.41, 5.74) is 1.01. The van der Waals surface area contributed by atoms with Crippen LogP contribution in [0.1, 0.15) is 52.8 Å². The van der Waals surface area contributed by atoms with Crippen molar-refractivity contribution in [2.75, 3.05) is 37.7 Å². The van der Waals surface area contributed by atoms with Gasteiger partial charge in [0, 0.05) is 50.0 Å². The SMILES string of the molecule is O=C1CCC(N2C(=O)c3ccc(OCCCCC(=O)N4CCN(c5ncnc6c(F)c(-c7cc(O)cc8ccccc78)c(Cl)cc56)CC4)cc3C2=O)C(=O)N1. The minimum Gasteiger partial charge on any atom is -0.508 e. The van der Waals surface area contributed by atoms with E-state index in [0.717, 1.165) is 15.7 Å². The summed E-state index contributed by atoms with van der Waals surface area (Å²) < 4.78 is 22.1. The van der Waals surface area contributed by atoms with Gasteiger partial charge in [0.15, 0.2) is 5.82 Å². The highest BCUT2D eigenvalue weighted by Crippen LogP contribution is 2.42. The van der Waals surface area contributed by atoms with E-state index in [0.29, 0.717) is 68.0 Å². The molecule has 0 radical (unpaired) electrons. The van der Waals surface area contributed by atoms with Crippen LogP contribution in [0.3, 0.4) is 0 Å². The molecular formula is C40H34ClFN6O7. The van der Waals surface area contributed by atoms with E-state index in [1.165, 1.54) is 24.5 Å². The van der Waals surface area contributed by atoms with E-state index >= 15 is 4.39 Å². The van der Waals surface area contributed by atoms with E-state index in [1.54, 1.807) is 23.1 Å². The van der Waals surface area contributed by atoms with Crippen LogP contribution in [-0.4, -0.2) is 93.2 Å². The Labute approximate surface area is 318 Å². The molecule has 5 aromatic rings. The van der Waals surface area contributed by atoms with Crippen LogP contribution in [0.5, 0.6) is 11.5 Å². The summed E-state index contributed by atoms with van der Waals surface area (Å²) in [5.74, 6) is -2.03. The van der Waals surface area contributed by atoms with Crippen LogP contribution in [0.2, 0.25) is 5.02 Å². The molecule has 55 heavy (non-hydrogen) atoms. The van der Waals surface area contributed by atoms with Gasteiger partial charge in [-0.1, -0.05) is 35.9 Å². The van der Waals surface area contributed by atoms with E-state index < -0.39 is 35.5 Å². The summed E-state index contributed by atoms with van der Waals surface area (Å²) in [7, 11) is 0. The lowest BCUT2D eigenvalue weighted by atomic mass is 9.96. The number of benzene rings is 4. The number of phenols is 1. The zero-order chi connectivity index (χ0) is 38.4. The molecule has 5 amide bonds. The van der Waals surface area contributed by atoms with Gasteiger partial charge in [-0.25, -0.2) is 14.4 Å². The minimum absolute atomic E-state index is 0.000512. The minimum atomic E-state index is -1.04. The number of aromatic hydroxyl groups is 1. The highest BCUT2D eigenvalue weighted by atomic mass is 35.5. The molecule has 2 N–H and O–H groups in total. The molecule has 15 heteroatoms. The van der Waals surface area contributed by atoms with Gasteiger partial charge >= 0.3 is 0 Å². The van der Waals surface area contributed by atoms with Crippen molar-refractivity contribution in [3.8, 4) is 22.6 Å². The van der Waals surface area contributed by atoms with Gasteiger partial charge in [0.2, 0.25) is 17.7 Å². The predicted octanol–water partition coefficient (Wildman–Crippen LogP) is 5.25.